The van der Waals surface area contributed by atoms with Crippen LogP contribution >= 0.6 is 23.2 Å². The fourth-order valence-electron chi connectivity index (χ4n) is 2.87. The van der Waals surface area contributed by atoms with E-state index in [1.807, 2.05) is 6.92 Å². The second-order valence-electron chi connectivity index (χ2n) is 5.65. The quantitative estimate of drug-likeness (QED) is 0.897. The van der Waals surface area contributed by atoms with E-state index < -0.39 is 5.41 Å². The molecule has 1 aliphatic rings. The molecule has 0 bridgehead atoms. The molecule has 1 N–H and O–H groups in total. The van der Waals surface area contributed by atoms with Crippen molar-refractivity contribution in [2.45, 2.75) is 38.5 Å². The zero-order valence-electron chi connectivity index (χ0n) is 12.0. The Morgan fingerprint density at radius 2 is 1.95 bits per heavy atom. The van der Waals surface area contributed by atoms with Gasteiger partial charge in [-0.3, -0.25) is 4.79 Å². The molecule has 0 spiro atoms. The molecule has 0 aromatic heterocycles. The Bertz CT molecular complexity index is 554. The maximum Gasteiger partial charge on any atom is 0.240 e. The number of nitrogens with zero attached hydrogens (tertiary/aromatic N) is 1. The number of rotatable bonds is 4. The predicted octanol–water partition coefficient (Wildman–Crippen LogP) is 4.30. The number of nitrogens with one attached hydrogen (secondary N) is 1. The van der Waals surface area contributed by atoms with Crippen LogP contribution in [0.1, 0.15) is 44.1 Å². The van der Waals surface area contributed by atoms with E-state index in [0.717, 1.165) is 18.4 Å². The Labute approximate surface area is 135 Å². The number of nitriles is 1. The lowest BCUT2D eigenvalue weighted by Crippen LogP contribution is -2.39. The fourth-order valence-corrected chi connectivity index (χ4v) is 3.64. The van der Waals surface area contributed by atoms with Gasteiger partial charge in [0, 0.05) is 22.5 Å². The predicted molar refractivity (Wildman–Crippen MR) is 84.4 cm³/mol. The molecule has 112 valence electrons. The Morgan fingerprint density at radius 1 is 1.38 bits per heavy atom. The van der Waals surface area contributed by atoms with Gasteiger partial charge in [-0.25, -0.2) is 0 Å². The van der Waals surface area contributed by atoms with Crippen LogP contribution in [0.2, 0.25) is 10.0 Å². The van der Waals surface area contributed by atoms with Crippen molar-refractivity contribution in [3.05, 3.63) is 33.8 Å². The zero-order valence-corrected chi connectivity index (χ0v) is 13.5. The van der Waals surface area contributed by atoms with Gasteiger partial charge >= 0.3 is 0 Å². The summed E-state index contributed by atoms with van der Waals surface area (Å²) in [6, 6.07) is 7.57. The Hall–Kier alpha value is -1.24. The van der Waals surface area contributed by atoms with E-state index in [1.54, 1.807) is 18.2 Å². The minimum absolute atomic E-state index is 0.00713. The average Bonchev–Trinajstić information content (AvgIpc) is 2.94. The van der Waals surface area contributed by atoms with Crippen molar-refractivity contribution in [1.82, 2.24) is 5.32 Å². The molecular formula is C16H18Cl2N2O. The largest absolute Gasteiger partial charge is 0.354 e. The minimum Gasteiger partial charge on any atom is -0.354 e. The molecule has 1 amide bonds. The molecule has 21 heavy (non-hydrogen) atoms. The van der Waals surface area contributed by atoms with Gasteiger partial charge in [-0.15, -0.1) is 0 Å². The minimum atomic E-state index is -0.843. The third kappa shape index (κ3) is 3.33. The number of carbonyl (C=O) groups excluding carboxylic acids is 1. The highest BCUT2D eigenvalue weighted by Crippen LogP contribution is 2.38. The van der Waals surface area contributed by atoms with E-state index in [9.17, 15) is 10.1 Å². The van der Waals surface area contributed by atoms with E-state index in [2.05, 4.69) is 11.4 Å². The molecule has 1 fully saturated rings. The van der Waals surface area contributed by atoms with Crippen LogP contribution in [0.3, 0.4) is 0 Å². The summed E-state index contributed by atoms with van der Waals surface area (Å²) in [5.41, 5.74) is -0.0113. The highest BCUT2D eigenvalue weighted by Gasteiger charge is 2.41. The van der Waals surface area contributed by atoms with Gasteiger partial charge in [0.2, 0.25) is 5.91 Å². The number of amides is 1. The third-order valence-electron chi connectivity index (χ3n) is 4.17. The average molecular weight is 325 g/mol. The van der Waals surface area contributed by atoms with E-state index >= 15 is 0 Å². The zero-order chi connectivity index (χ0) is 15.5. The van der Waals surface area contributed by atoms with Gasteiger partial charge in [-0.1, -0.05) is 49.0 Å². The lowest BCUT2D eigenvalue weighted by atomic mass is 9.87. The summed E-state index contributed by atoms with van der Waals surface area (Å²) >= 11 is 12.3. The maximum absolute atomic E-state index is 12.3. The molecule has 1 aromatic rings. The van der Waals surface area contributed by atoms with Crippen LogP contribution in [0.4, 0.5) is 0 Å². The summed E-state index contributed by atoms with van der Waals surface area (Å²) in [6.45, 7) is 2.38. The van der Waals surface area contributed by atoms with E-state index in [1.165, 1.54) is 0 Å². The van der Waals surface area contributed by atoms with Crippen LogP contribution in [-0.2, 0) is 4.79 Å². The number of hydrogen-bond donors (Lipinski definition) is 1. The summed E-state index contributed by atoms with van der Waals surface area (Å²) in [5, 5.41) is 13.4. The first kappa shape index (κ1) is 16.1. The van der Waals surface area contributed by atoms with Crippen LogP contribution in [0.25, 0.3) is 0 Å². The molecule has 0 radical (unpaired) electrons. The molecule has 0 aliphatic heterocycles. The van der Waals surface area contributed by atoms with Gasteiger partial charge < -0.3 is 5.32 Å². The van der Waals surface area contributed by atoms with Crippen LogP contribution in [0, 0.1) is 16.7 Å². The highest BCUT2D eigenvalue weighted by molar-refractivity contribution is 6.36. The molecule has 1 saturated carbocycles. The summed E-state index contributed by atoms with van der Waals surface area (Å²) < 4.78 is 0. The molecule has 2 rings (SSSR count). The first-order valence-corrected chi connectivity index (χ1v) is 7.89. The van der Waals surface area contributed by atoms with Gasteiger partial charge in [0.15, 0.2) is 0 Å². The molecule has 3 nitrogen and oxygen atoms in total. The summed E-state index contributed by atoms with van der Waals surface area (Å²) in [7, 11) is 0. The normalized spacial score (nSPS) is 18.0. The molecule has 0 saturated heterocycles. The van der Waals surface area contributed by atoms with Crippen LogP contribution in [0.5, 0.6) is 0 Å². The highest BCUT2D eigenvalue weighted by atomic mass is 35.5. The smallest absolute Gasteiger partial charge is 0.240 e. The van der Waals surface area contributed by atoms with Crippen molar-refractivity contribution in [3.63, 3.8) is 0 Å². The number of hydrogen-bond acceptors (Lipinski definition) is 2. The Balaban J connectivity index is 2.03. The van der Waals surface area contributed by atoms with Crippen molar-refractivity contribution in [3.8, 4) is 6.07 Å². The molecule has 1 unspecified atom stereocenters. The van der Waals surface area contributed by atoms with Gasteiger partial charge in [0.05, 0.1) is 6.07 Å². The van der Waals surface area contributed by atoms with E-state index in [-0.39, 0.29) is 11.8 Å². The summed E-state index contributed by atoms with van der Waals surface area (Å²) in [6.07, 6.45) is 3.17. The lowest BCUT2D eigenvalue weighted by Gasteiger charge is -2.22. The Morgan fingerprint density at radius 3 is 2.48 bits per heavy atom. The van der Waals surface area contributed by atoms with Crippen molar-refractivity contribution < 1.29 is 4.79 Å². The first-order valence-electron chi connectivity index (χ1n) is 7.13. The lowest BCUT2D eigenvalue weighted by molar-refractivity contribution is -0.128. The summed E-state index contributed by atoms with van der Waals surface area (Å²) in [5.74, 6) is -0.176. The Kier molecular flexibility index (Phi) is 5.13. The molecule has 1 atom stereocenters. The SMILES string of the molecule is CC(CNC(=O)C1(C#N)CCCC1)c1c(Cl)cccc1Cl. The van der Waals surface area contributed by atoms with Crippen LogP contribution < -0.4 is 5.32 Å². The fraction of sp³-hybridized carbons (Fsp3) is 0.500. The van der Waals surface area contributed by atoms with Crippen molar-refractivity contribution in [2.24, 2.45) is 5.41 Å². The standard InChI is InChI=1S/C16H18Cl2N2O/c1-11(14-12(17)5-4-6-13(14)18)9-20-15(21)16(10-19)7-2-3-8-16/h4-6,11H,2-3,7-9H2,1H3,(H,20,21). The number of halogens is 2. The topological polar surface area (TPSA) is 52.9 Å². The molecule has 0 heterocycles. The van der Waals surface area contributed by atoms with Crippen molar-refractivity contribution in [1.29, 1.82) is 5.26 Å². The molecular weight excluding hydrogens is 307 g/mol. The van der Waals surface area contributed by atoms with E-state index in [0.29, 0.717) is 29.4 Å². The van der Waals surface area contributed by atoms with Crippen LogP contribution in [-0.4, -0.2) is 12.5 Å². The molecule has 1 aromatic carbocycles. The summed E-state index contributed by atoms with van der Waals surface area (Å²) in [4.78, 5) is 12.3. The van der Waals surface area contributed by atoms with Gasteiger partial charge in [0.1, 0.15) is 5.41 Å². The number of benzene rings is 1. The number of carbonyl (C=O) groups is 1. The molecule has 5 heteroatoms. The van der Waals surface area contributed by atoms with Gasteiger partial charge in [-0.2, -0.15) is 5.26 Å². The van der Waals surface area contributed by atoms with E-state index in [4.69, 9.17) is 23.2 Å². The third-order valence-corrected chi connectivity index (χ3v) is 4.83. The van der Waals surface area contributed by atoms with Gasteiger partial charge in [0.25, 0.3) is 0 Å². The maximum atomic E-state index is 12.3. The van der Waals surface area contributed by atoms with Crippen molar-refractivity contribution in [2.75, 3.05) is 6.54 Å². The van der Waals surface area contributed by atoms with Crippen LogP contribution in [0.15, 0.2) is 18.2 Å². The molecule has 1 aliphatic carbocycles. The second kappa shape index (κ2) is 6.68. The van der Waals surface area contributed by atoms with Crippen molar-refractivity contribution >= 4 is 29.1 Å². The monoisotopic (exact) mass is 324 g/mol. The van der Waals surface area contributed by atoms with Gasteiger partial charge in [-0.05, 0) is 30.5 Å². The second-order valence-corrected chi connectivity index (χ2v) is 6.46. The first-order chi connectivity index (χ1) is 10.00.